The van der Waals surface area contributed by atoms with E-state index in [1.807, 2.05) is 11.4 Å². The first-order valence-electron chi connectivity index (χ1n) is 4.97. The molecular weight excluding hydrogens is 228 g/mol. The Morgan fingerprint density at radius 3 is 2.75 bits per heavy atom. The molecule has 86 valence electrons. The van der Waals surface area contributed by atoms with E-state index in [4.69, 9.17) is 5.11 Å². The van der Waals surface area contributed by atoms with E-state index in [1.165, 1.54) is 18.4 Å². The van der Waals surface area contributed by atoms with Gasteiger partial charge in [-0.25, -0.2) is 4.79 Å². The van der Waals surface area contributed by atoms with Gasteiger partial charge in [-0.2, -0.15) is 0 Å². The quantitative estimate of drug-likeness (QED) is 0.818. The van der Waals surface area contributed by atoms with Gasteiger partial charge in [0.05, 0.1) is 13.5 Å². The van der Waals surface area contributed by atoms with Gasteiger partial charge in [0.1, 0.15) is 4.88 Å². The van der Waals surface area contributed by atoms with E-state index in [9.17, 15) is 9.59 Å². The molecule has 1 fully saturated rings. The number of rotatable bonds is 4. The Balaban J connectivity index is 2.30. The average Bonchev–Trinajstić information content (AvgIpc) is 2.82. The van der Waals surface area contributed by atoms with Gasteiger partial charge < -0.3 is 9.84 Å². The van der Waals surface area contributed by atoms with E-state index in [1.54, 1.807) is 0 Å². The zero-order chi connectivity index (χ0) is 11.8. The Morgan fingerprint density at radius 2 is 2.25 bits per heavy atom. The van der Waals surface area contributed by atoms with E-state index >= 15 is 0 Å². The standard InChI is InChI=1S/C11H12O4S/c1-15-10(14)9-7(2-5-16-9)11(3-4-11)6-8(12)13/h2,5H,3-4,6H2,1H3,(H,12,13). The molecule has 1 N–H and O–H groups in total. The highest BCUT2D eigenvalue weighted by Gasteiger charge is 2.48. The Labute approximate surface area is 96.9 Å². The van der Waals surface area contributed by atoms with Crippen molar-refractivity contribution in [2.45, 2.75) is 24.7 Å². The first kappa shape index (κ1) is 11.1. The largest absolute Gasteiger partial charge is 0.481 e. The summed E-state index contributed by atoms with van der Waals surface area (Å²) < 4.78 is 4.69. The maximum Gasteiger partial charge on any atom is 0.348 e. The molecular formula is C11H12O4S. The number of thiophene rings is 1. The van der Waals surface area contributed by atoms with E-state index in [-0.39, 0.29) is 17.8 Å². The lowest BCUT2D eigenvalue weighted by Crippen LogP contribution is -2.15. The molecule has 0 amide bonds. The van der Waals surface area contributed by atoms with Crippen molar-refractivity contribution in [3.05, 3.63) is 21.9 Å². The molecule has 2 rings (SSSR count). The van der Waals surface area contributed by atoms with Crippen LogP contribution in [0.2, 0.25) is 0 Å². The second kappa shape index (κ2) is 3.90. The lowest BCUT2D eigenvalue weighted by Gasteiger charge is -2.12. The molecule has 1 aliphatic carbocycles. The summed E-state index contributed by atoms with van der Waals surface area (Å²) in [7, 11) is 1.34. The Morgan fingerprint density at radius 1 is 1.56 bits per heavy atom. The fourth-order valence-electron chi connectivity index (χ4n) is 1.96. The molecule has 1 saturated carbocycles. The van der Waals surface area contributed by atoms with Crippen LogP contribution in [0.4, 0.5) is 0 Å². The molecule has 0 saturated heterocycles. The van der Waals surface area contributed by atoms with Crippen molar-refractivity contribution in [3.8, 4) is 0 Å². The number of hydrogen-bond acceptors (Lipinski definition) is 4. The number of carbonyl (C=O) groups excluding carboxylic acids is 1. The fourth-order valence-corrected chi connectivity index (χ4v) is 2.89. The van der Waals surface area contributed by atoms with Gasteiger partial charge in [-0.05, 0) is 29.9 Å². The predicted molar refractivity (Wildman–Crippen MR) is 58.8 cm³/mol. The van der Waals surface area contributed by atoms with Gasteiger partial charge in [0, 0.05) is 5.41 Å². The van der Waals surface area contributed by atoms with Crippen LogP contribution in [0.15, 0.2) is 11.4 Å². The van der Waals surface area contributed by atoms with Gasteiger partial charge in [0.2, 0.25) is 0 Å². The monoisotopic (exact) mass is 240 g/mol. The normalized spacial score (nSPS) is 16.8. The molecule has 4 nitrogen and oxygen atoms in total. The zero-order valence-electron chi connectivity index (χ0n) is 8.86. The van der Waals surface area contributed by atoms with Gasteiger partial charge >= 0.3 is 11.9 Å². The fraction of sp³-hybridized carbons (Fsp3) is 0.455. The second-order valence-electron chi connectivity index (χ2n) is 4.01. The zero-order valence-corrected chi connectivity index (χ0v) is 9.67. The van der Waals surface area contributed by atoms with Crippen molar-refractivity contribution in [2.24, 2.45) is 0 Å². The third kappa shape index (κ3) is 1.82. The van der Waals surface area contributed by atoms with Crippen LogP contribution in [-0.2, 0) is 14.9 Å². The summed E-state index contributed by atoms with van der Waals surface area (Å²) in [6.45, 7) is 0. The number of carboxylic acid groups (broad SMARTS) is 1. The molecule has 0 aromatic carbocycles. The predicted octanol–water partition coefficient (Wildman–Crippen LogP) is 2.04. The van der Waals surface area contributed by atoms with Crippen LogP contribution in [0.25, 0.3) is 0 Å². The lowest BCUT2D eigenvalue weighted by atomic mass is 9.93. The second-order valence-corrected chi connectivity index (χ2v) is 4.92. The van der Waals surface area contributed by atoms with Crippen LogP contribution in [0.5, 0.6) is 0 Å². The molecule has 1 aliphatic rings. The SMILES string of the molecule is COC(=O)c1sccc1C1(CC(=O)O)CC1. The molecule has 5 heteroatoms. The number of ether oxygens (including phenoxy) is 1. The summed E-state index contributed by atoms with van der Waals surface area (Å²) in [5, 5.41) is 10.7. The van der Waals surface area contributed by atoms with Crippen molar-refractivity contribution in [3.63, 3.8) is 0 Å². The molecule has 1 aromatic rings. The van der Waals surface area contributed by atoms with E-state index in [2.05, 4.69) is 4.74 Å². The molecule has 0 unspecified atom stereocenters. The van der Waals surface area contributed by atoms with Gasteiger partial charge in [-0.3, -0.25) is 4.79 Å². The minimum atomic E-state index is -0.820. The van der Waals surface area contributed by atoms with Crippen LogP contribution in [0.1, 0.15) is 34.5 Å². The first-order chi connectivity index (χ1) is 7.59. The Bertz CT molecular complexity index is 431. The smallest absolute Gasteiger partial charge is 0.348 e. The highest BCUT2D eigenvalue weighted by Crippen LogP contribution is 2.53. The van der Waals surface area contributed by atoms with Crippen LogP contribution < -0.4 is 0 Å². The summed E-state index contributed by atoms with van der Waals surface area (Å²) in [5.74, 6) is -1.19. The molecule has 0 atom stereocenters. The third-order valence-corrected chi connectivity index (χ3v) is 3.84. The van der Waals surface area contributed by atoms with Crippen molar-refractivity contribution in [1.82, 2.24) is 0 Å². The number of aliphatic carboxylic acids is 1. The van der Waals surface area contributed by atoms with Gasteiger partial charge in [0.25, 0.3) is 0 Å². The number of carbonyl (C=O) groups is 2. The first-order valence-corrected chi connectivity index (χ1v) is 5.85. The average molecular weight is 240 g/mol. The number of methoxy groups -OCH3 is 1. The molecule has 0 spiro atoms. The summed E-state index contributed by atoms with van der Waals surface area (Å²) in [5.41, 5.74) is 0.516. The number of esters is 1. The molecule has 16 heavy (non-hydrogen) atoms. The minimum absolute atomic E-state index is 0.0910. The van der Waals surface area contributed by atoms with Crippen molar-refractivity contribution >= 4 is 23.3 Å². The Hall–Kier alpha value is -1.36. The van der Waals surface area contributed by atoms with E-state index in [0.717, 1.165) is 18.4 Å². The summed E-state index contributed by atoms with van der Waals surface area (Å²) >= 11 is 1.31. The van der Waals surface area contributed by atoms with Crippen LogP contribution in [-0.4, -0.2) is 24.2 Å². The lowest BCUT2D eigenvalue weighted by molar-refractivity contribution is -0.137. The number of carboxylic acids is 1. The van der Waals surface area contributed by atoms with Crippen molar-refractivity contribution in [1.29, 1.82) is 0 Å². The van der Waals surface area contributed by atoms with Crippen LogP contribution >= 0.6 is 11.3 Å². The van der Waals surface area contributed by atoms with Crippen LogP contribution in [0.3, 0.4) is 0 Å². The molecule has 1 aromatic heterocycles. The maximum atomic E-state index is 11.5. The van der Waals surface area contributed by atoms with E-state index < -0.39 is 5.97 Å². The summed E-state index contributed by atoms with van der Waals surface area (Å²) in [4.78, 5) is 22.8. The third-order valence-electron chi connectivity index (χ3n) is 2.95. The van der Waals surface area contributed by atoms with Crippen molar-refractivity contribution in [2.75, 3.05) is 7.11 Å². The maximum absolute atomic E-state index is 11.5. The number of hydrogen-bond donors (Lipinski definition) is 1. The molecule has 0 bridgehead atoms. The molecule has 1 heterocycles. The van der Waals surface area contributed by atoms with Crippen molar-refractivity contribution < 1.29 is 19.4 Å². The highest BCUT2D eigenvalue weighted by atomic mass is 32.1. The molecule has 0 aliphatic heterocycles. The topological polar surface area (TPSA) is 63.6 Å². The minimum Gasteiger partial charge on any atom is -0.481 e. The van der Waals surface area contributed by atoms with Gasteiger partial charge in [-0.15, -0.1) is 11.3 Å². The Kier molecular flexibility index (Phi) is 2.71. The van der Waals surface area contributed by atoms with Gasteiger partial charge in [0.15, 0.2) is 0 Å². The van der Waals surface area contributed by atoms with E-state index in [0.29, 0.717) is 4.88 Å². The highest BCUT2D eigenvalue weighted by molar-refractivity contribution is 7.12. The van der Waals surface area contributed by atoms with Gasteiger partial charge in [-0.1, -0.05) is 0 Å². The summed E-state index contributed by atoms with van der Waals surface area (Å²) in [6.07, 6.45) is 1.76. The summed E-state index contributed by atoms with van der Waals surface area (Å²) in [6, 6.07) is 1.84. The van der Waals surface area contributed by atoms with Crippen LogP contribution in [0, 0.1) is 0 Å². The molecule has 0 radical (unpaired) electrons.